The van der Waals surface area contributed by atoms with Gasteiger partial charge in [-0.15, -0.1) is 0 Å². The SMILES string of the molecule is CCOc1ccc(CNC(=O)COc2ccccc2OC)cc1. The van der Waals surface area contributed by atoms with Crippen molar-refractivity contribution in [2.24, 2.45) is 0 Å². The van der Waals surface area contributed by atoms with Crippen LogP contribution in [0.4, 0.5) is 0 Å². The van der Waals surface area contributed by atoms with Gasteiger partial charge in [-0.25, -0.2) is 0 Å². The van der Waals surface area contributed by atoms with Crippen molar-refractivity contribution in [3.05, 3.63) is 54.1 Å². The molecule has 0 unspecified atom stereocenters. The third-order valence-corrected chi connectivity index (χ3v) is 3.15. The first-order valence-corrected chi connectivity index (χ1v) is 7.47. The molecule has 2 aromatic carbocycles. The van der Waals surface area contributed by atoms with E-state index in [2.05, 4.69) is 5.32 Å². The van der Waals surface area contributed by atoms with Crippen molar-refractivity contribution in [3.8, 4) is 17.2 Å². The molecule has 0 aliphatic carbocycles. The van der Waals surface area contributed by atoms with Crippen LogP contribution in [0.1, 0.15) is 12.5 Å². The van der Waals surface area contributed by atoms with Crippen molar-refractivity contribution in [2.75, 3.05) is 20.3 Å². The number of amides is 1. The van der Waals surface area contributed by atoms with Gasteiger partial charge < -0.3 is 19.5 Å². The molecule has 1 N–H and O–H groups in total. The molecule has 23 heavy (non-hydrogen) atoms. The minimum absolute atomic E-state index is 0.0581. The summed E-state index contributed by atoms with van der Waals surface area (Å²) in [6, 6.07) is 14.8. The van der Waals surface area contributed by atoms with Gasteiger partial charge in [-0.2, -0.15) is 0 Å². The van der Waals surface area contributed by atoms with E-state index in [4.69, 9.17) is 14.2 Å². The third-order valence-electron chi connectivity index (χ3n) is 3.15. The Morgan fingerprint density at radius 3 is 2.35 bits per heavy atom. The molecular formula is C18H21NO4. The molecular weight excluding hydrogens is 294 g/mol. The Hall–Kier alpha value is -2.69. The van der Waals surface area contributed by atoms with E-state index in [0.29, 0.717) is 24.7 Å². The summed E-state index contributed by atoms with van der Waals surface area (Å²) in [4.78, 5) is 11.9. The predicted molar refractivity (Wildman–Crippen MR) is 87.9 cm³/mol. The summed E-state index contributed by atoms with van der Waals surface area (Å²) in [6.45, 7) is 2.96. The lowest BCUT2D eigenvalue weighted by Gasteiger charge is -2.10. The first kappa shape index (κ1) is 16.7. The van der Waals surface area contributed by atoms with Crippen molar-refractivity contribution in [1.29, 1.82) is 0 Å². The zero-order valence-corrected chi connectivity index (χ0v) is 13.4. The molecule has 5 heteroatoms. The summed E-state index contributed by atoms with van der Waals surface area (Å²) in [5.41, 5.74) is 0.999. The largest absolute Gasteiger partial charge is 0.494 e. The van der Waals surface area contributed by atoms with Gasteiger partial charge in [0, 0.05) is 6.54 Å². The Bertz CT molecular complexity index is 625. The van der Waals surface area contributed by atoms with E-state index >= 15 is 0 Å². The lowest BCUT2D eigenvalue weighted by Crippen LogP contribution is -2.28. The molecule has 0 aromatic heterocycles. The molecule has 0 heterocycles. The van der Waals surface area contributed by atoms with Gasteiger partial charge in [0.05, 0.1) is 13.7 Å². The maximum absolute atomic E-state index is 11.9. The molecule has 0 saturated carbocycles. The lowest BCUT2D eigenvalue weighted by molar-refractivity contribution is -0.123. The van der Waals surface area contributed by atoms with Crippen LogP contribution < -0.4 is 19.5 Å². The number of ether oxygens (including phenoxy) is 3. The summed E-state index contributed by atoms with van der Waals surface area (Å²) in [7, 11) is 1.56. The second-order valence-corrected chi connectivity index (χ2v) is 4.79. The highest BCUT2D eigenvalue weighted by molar-refractivity contribution is 5.77. The Labute approximate surface area is 136 Å². The molecule has 0 radical (unpaired) electrons. The molecule has 0 atom stereocenters. The van der Waals surface area contributed by atoms with E-state index in [1.807, 2.05) is 43.3 Å². The van der Waals surface area contributed by atoms with E-state index in [9.17, 15) is 4.79 Å². The number of hydrogen-bond acceptors (Lipinski definition) is 4. The van der Waals surface area contributed by atoms with Crippen LogP contribution in [0.25, 0.3) is 0 Å². The summed E-state index contributed by atoms with van der Waals surface area (Å²) in [5.74, 6) is 1.78. The van der Waals surface area contributed by atoms with Crippen molar-refractivity contribution in [1.82, 2.24) is 5.32 Å². The number of para-hydroxylation sites is 2. The van der Waals surface area contributed by atoms with Crippen LogP contribution >= 0.6 is 0 Å². The highest BCUT2D eigenvalue weighted by Gasteiger charge is 2.06. The average molecular weight is 315 g/mol. The van der Waals surface area contributed by atoms with Gasteiger partial charge in [0.1, 0.15) is 5.75 Å². The molecule has 0 bridgehead atoms. The van der Waals surface area contributed by atoms with Crippen LogP contribution in [-0.4, -0.2) is 26.2 Å². The van der Waals surface area contributed by atoms with Gasteiger partial charge in [0.15, 0.2) is 18.1 Å². The maximum atomic E-state index is 11.9. The number of methoxy groups -OCH3 is 1. The fraction of sp³-hybridized carbons (Fsp3) is 0.278. The molecule has 122 valence electrons. The van der Waals surface area contributed by atoms with Gasteiger partial charge >= 0.3 is 0 Å². The summed E-state index contributed by atoms with van der Waals surface area (Å²) in [5, 5.41) is 2.81. The van der Waals surface area contributed by atoms with E-state index in [0.717, 1.165) is 11.3 Å². The highest BCUT2D eigenvalue weighted by atomic mass is 16.5. The summed E-state index contributed by atoms with van der Waals surface area (Å²) < 4.78 is 16.0. The van der Waals surface area contributed by atoms with E-state index in [-0.39, 0.29) is 12.5 Å². The molecule has 0 spiro atoms. The topological polar surface area (TPSA) is 56.8 Å². The fourth-order valence-corrected chi connectivity index (χ4v) is 2.00. The van der Waals surface area contributed by atoms with Crippen molar-refractivity contribution < 1.29 is 19.0 Å². The Morgan fingerprint density at radius 1 is 1.00 bits per heavy atom. The van der Waals surface area contributed by atoms with Gasteiger partial charge in [-0.05, 0) is 36.8 Å². The van der Waals surface area contributed by atoms with Crippen molar-refractivity contribution in [3.63, 3.8) is 0 Å². The quantitative estimate of drug-likeness (QED) is 0.814. The molecule has 0 aliphatic rings. The number of hydrogen-bond donors (Lipinski definition) is 1. The normalized spacial score (nSPS) is 10.0. The number of nitrogens with one attached hydrogen (secondary N) is 1. The zero-order chi connectivity index (χ0) is 16.5. The number of rotatable bonds is 8. The Kier molecular flexibility index (Phi) is 6.29. The standard InChI is InChI=1S/C18H21NO4/c1-3-22-15-10-8-14(9-11-15)12-19-18(20)13-23-17-7-5-4-6-16(17)21-2/h4-11H,3,12-13H2,1-2H3,(H,19,20). The fourth-order valence-electron chi connectivity index (χ4n) is 2.00. The highest BCUT2D eigenvalue weighted by Crippen LogP contribution is 2.25. The van der Waals surface area contributed by atoms with Gasteiger partial charge in [0.2, 0.25) is 0 Å². The van der Waals surface area contributed by atoms with Crippen LogP contribution in [0, 0.1) is 0 Å². The van der Waals surface area contributed by atoms with Crippen LogP contribution in [0.5, 0.6) is 17.2 Å². The average Bonchev–Trinajstić information content (AvgIpc) is 2.60. The van der Waals surface area contributed by atoms with Gasteiger partial charge in [-0.1, -0.05) is 24.3 Å². The third kappa shape index (κ3) is 5.21. The minimum atomic E-state index is -0.190. The molecule has 0 aliphatic heterocycles. The maximum Gasteiger partial charge on any atom is 0.258 e. The van der Waals surface area contributed by atoms with Crippen molar-refractivity contribution >= 4 is 5.91 Å². The molecule has 5 nitrogen and oxygen atoms in total. The Balaban J connectivity index is 1.78. The first-order chi connectivity index (χ1) is 11.2. The van der Waals surface area contributed by atoms with Crippen LogP contribution in [0.15, 0.2) is 48.5 Å². The van der Waals surface area contributed by atoms with Crippen molar-refractivity contribution in [2.45, 2.75) is 13.5 Å². The summed E-state index contributed by atoms with van der Waals surface area (Å²) >= 11 is 0. The molecule has 2 rings (SSSR count). The lowest BCUT2D eigenvalue weighted by atomic mass is 10.2. The van der Waals surface area contributed by atoms with Crippen LogP contribution in [-0.2, 0) is 11.3 Å². The van der Waals surface area contributed by atoms with Gasteiger partial charge in [0.25, 0.3) is 5.91 Å². The second-order valence-electron chi connectivity index (χ2n) is 4.79. The molecule has 2 aromatic rings. The first-order valence-electron chi connectivity index (χ1n) is 7.47. The second kappa shape index (κ2) is 8.68. The number of benzene rings is 2. The predicted octanol–water partition coefficient (Wildman–Crippen LogP) is 2.79. The minimum Gasteiger partial charge on any atom is -0.494 e. The Morgan fingerprint density at radius 2 is 1.70 bits per heavy atom. The molecule has 0 saturated heterocycles. The van der Waals surface area contributed by atoms with E-state index in [1.54, 1.807) is 19.2 Å². The van der Waals surface area contributed by atoms with Crippen LogP contribution in [0.3, 0.4) is 0 Å². The molecule has 1 amide bonds. The van der Waals surface area contributed by atoms with E-state index in [1.165, 1.54) is 0 Å². The smallest absolute Gasteiger partial charge is 0.258 e. The zero-order valence-electron chi connectivity index (χ0n) is 13.4. The van der Waals surface area contributed by atoms with E-state index < -0.39 is 0 Å². The monoisotopic (exact) mass is 315 g/mol. The van der Waals surface area contributed by atoms with Gasteiger partial charge in [-0.3, -0.25) is 4.79 Å². The molecule has 0 fully saturated rings. The van der Waals surface area contributed by atoms with Crippen LogP contribution in [0.2, 0.25) is 0 Å². The number of carbonyl (C=O) groups is 1. The summed E-state index contributed by atoms with van der Waals surface area (Å²) in [6.07, 6.45) is 0. The number of carbonyl (C=O) groups excluding carboxylic acids is 1.